The second-order valence-electron chi connectivity index (χ2n) is 7.26. The summed E-state index contributed by atoms with van der Waals surface area (Å²) in [7, 11) is 0. The highest BCUT2D eigenvalue weighted by Gasteiger charge is 2.44. The predicted octanol–water partition coefficient (Wildman–Crippen LogP) is 2.08. The second-order valence-corrected chi connectivity index (χ2v) is 7.26. The topological polar surface area (TPSA) is 98.4 Å². The van der Waals surface area contributed by atoms with Gasteiger partial charge in [0.05, 0.1) is 19.3 Å². The maximum atomic E-state index is 12.8. The minimum absolute atomic E-state index is 0.0676. The van der Waals surface area contributed by atoms with E-state index in [4.69, 9.17) is 10.5 Å². The van der Waals surface area contributed by atoms with E-state index in [-0.39, 0.29) is 31.2 Å². The largest absolute Gasteiger partial charge is 0.367 e. The molecule has 7 nitrogen and oxygen atoms in total. The quantitative estimate of drug-likeness (QED) is 0.705. The van der Waals surface area contributed by atoms with Crippen LogP contribution in [0, 0.1) is 0 Å². The highest BCUT2D eigenvalue weighted by Crippen LogP contribution is 2.26. The van der Waals surface area contributed by atoms with Gasteiger partial charge in [0, 0.05) is 25.4 Å². The lowest BCUT2D eigenvalue weighted by atomic mass is 9.90. The fourth-order valence-corrected chi connectivity index (χ4v) is 3.65. The van der Waals surface area contributed by atoms with Crippen LogP contribution in [0.2, 0.25) is 0 Å². The van der Waals surface area contributed by atoms with E-state index in [1.165, 1.54) is 18.6 Å². The predicted molar refractivity (Wildman–Crippen MR) is 111 cm³/mol. The molecule has 2 aromatic carbocycles. The zero-order chi connectivity index (χ0) is 21.0. The maximum absolute atomic E-state index is 12.8. The molecule has 2 amide bonds. The molecule has 1 fully saturated rings. The molecule has 0 spiro atoms. The molecule has 1 aliphatic heterocycles. The summed E-state index contributed by atoms with van der Waals surface area (Å²) in [5.74, 6) is -0.886. The van der Waals surface area contributed by atoms with Gasteiger partial charge in [-0.2, -0.15) is 0 Å². The number of nitrogens with zero attached hydrogens (tertiary/aromatic N) is 3. The van der Waals surface area contributed by atoms with E-state index in [1.54, 1.807) is 4.90 Å². The van der Waals surface area contributed by atoms with Gasteiger partial charge in [-0.25, -0.2) is 4.98 Å². The highest BCUT2D eigenvalue weighted by atomic mass is 16.5. The number of primary amides is 1. The monoisotopic (exact) mass is 402 g/mol. The number of rotatable bonds is 5. The number of carbonyl (C=O) groups is 2. The van der Waals surface area contributed by atoms with E-state index in [0.717, 1.165) is 16.7 Å². The van der Waals surface area contributed by atoms with Crippen molar-refractivity contribution >= 4 is 11.8 Å². The van der Waals surface area contributed by atoms with Crippen LogP contribution < -0.4 is 5.73 Å². The Bertz CT molecular complexity index is 1030. The summed E-state index contributed by atoms with van der Waals surface area (Å²) in [5.41, 5.74) is 7.78. The summed E-state index contributed by atoms with van der Waals surface area (Å²) in [6.45, 7) is 0.645. The van der Waals surface area contributed by atoms with Crippen LogP contribution >= 0.6 is 0 Å². The Morgan fingerprint density at radius 2 is 1.77 bits per heavy atom. The van der Waals surface area contributed by atoms with Crippen molar-refractivity contribution < 1.29 is 14.3 Å². The fraction of sp³-hybridized carbons (Fsp3) is 0.217. The minimum atomic E-state index is -1.29. The fourth-order valence-electron chi connectivity index (χ4n) is 3.65. The van der Waals surface area contributed by atoms with Crippen LogP contribution in [-0.4, -0.2) is 52.0 Å². The molecule has 0 saturated carbocycles. The zero-order valence-corrected chi connectivity index (χ0v) is 16.4. The Hall–Kier alpha value is -3.58. The molecule has 1 unspecified atom stereocenters. The lowest BCUT2D eigenvalue weighted by molar-refractivity contribution is -0.153. The Morgan fingerprint density at radius 3 is 2.43 bits per heavy atom. The molecule has 3 aromatic rings. The summed E-state index contributed by atoms with van der Waals surface area (Å²) in [5, 5.41) is 0. The zero-order valence-electron chi connectivity index (χ0n) is 16.4. The van der Waals surface area contributed by atoms with Gasteiger partial charge in [-0.05, 0) is 16.7 Å². The van der Waals surface area contributed by atoms with Crippen LogP contribution in [0.1, 0.15) is 16.1 Å². The van der Waals surface area contributed by atoms with Gasteiger partial charge in [-0.1, -0.05) is 54.6 Å². The van der Waals surface area contributed by atoms with Crippen molar-refractivity contribution in [3.63, 3.8) is 0 Å². The van der Waals surface area contributed by atoms with E-state index < -0.39 is 11.5 Å². The van der Waals surface area contributed by atoms with Gasteiger partial charge in [0.25, 0.3) is 11.8 Å². The Labute approximate surface area is 174 Å². The van der Waals surface area contributed by atoms with Gasteiger partial charge < -0.3 is 15.4 Å². The van der Waals surface area contributed by atoms with Crippen LogP contribution in [0.25, 0.3) is 11.1 Å². The van der Waals surface area contributed by atoms with E-state index >= 15 is 0 Å². The number of carbonyl (C=O) groups excluding carboxylic acids is 2. The standard InChI is InChI=1S/C23H22N4O3/c24-22(29)23(14-17-6-8-19(9-7-17)18-4-2-1-3-5-18)16-27(12-13-30-23)21(28)20-15-25-10-11-26-20/h1-11,15H,12-14,16H2,(H2,24,29). The highest BCUT2D eigenvalue weighted by molar-refractivity contribution is 5.93. The summed E-state index contributed by atoms with van der Waals surface area (Å²) < 4.78 is 5.86. The molecule has 1 aromatic heterocycles. The van der Waals surface area contributed by atoms with Crippen molar-refractivity contribution in [2.75, 3.05) is 19.7 Å². The maximum Gasteiger partial charge on any atom is 0.274 e. The van der Waals surface area contributed by atoms with Gasteiger partial charge in [0.1, 0.15) is 5.69 Å². The van der Waals surface area contributed by atoms with Crippen LogP contribution in [0.15, 0.2) is 73.2 Å². The van der Waals surface area contributed by atoms with E-state index in [1.807, 2.05) is 54.6 Å². The van der Waals surface area contributed by atoms with E-state index in [0.29, 0.717) is 6.54 Å². The smallest absolute Gasteiger partial charge is 0.274 e. The number of amides is 2. The van der Waals surface area contributed by atoms with Crippen LogP contribution in [0.3, 0.4) is 0 Å². The average molecular weight is 402 g/mol. The van der Waals surface area contributed by atoms with E-state index in [9.17, 15) is 9.59 Å². The first kappa shape index (κ1) is 19.7. The van der Waals surface area contributed by atoms with Crippen molar-refractivity contribution in [2.24, 2.45) is 5.73 Å². The Kier molecular flexibility index (Phi) is 5.54. The third-order valence-electron chi connectivity index (χ3n) is 5.26. The summed E-state index contributed by atoms with van der Waals surface area (Å²) >= 11 is 0. The molecule has 0 radical (unpaired) electrons. The summed E-state index contributed by atoms with van der Waals surface area (Å²) in [4.78, 5) is 34.7. The first-order valence-electron chi connectivity index (χ1n) is 9.71. The molecule has 0 bridgehead atoms. The third-order valence-corrected chi connectivity index (χ3v) is 5.26. The molecule has 2 heterocycles. The van der Waals surface area contributed by atoms with Crippen molar-refractivity contribution in [1.82, 2.24) is 14.9 Å². The molecule has 1 saturated heterocycles. The number of nitrogens with two attached hydrogens (primary N) is 1. The molecule has 152 valence electrons. The lowest BCUT2D eigenvalue weighted by Gasteiger charge is -2.40. The third kappa shape index (κ3) is 4.06. The van der Waals surface area contributed by atoms with Crippen LogP contribution in [-0.2, 0) is 16.0 Å². The van der Waals surface area contributed by atoms with Gasteiger partial charge in [-0.15, -0.1) is 0 Å². The molecule has 1 aliphatic rings. The Balaban J connectivity index is 1.54. The number of aromatic nitrogens is 2. The van der Waals surface area contributed by atoms with Gasteiger partial charge >= 0.3 is 0 Å². The molecule has 2 N–H and O–H groups in total. The number of ether oxygens (including phenoxy) is 1. The molecule has 0 aliphatic carbocycles. The number of hydrogen-bond acceptors (Lipinski definition) is 5. The number of benzene rings is 2. The SMILES string of the molecule is NC(=O)C1(Cc2ccc(-c3ccccc3)cc2)CN(C(=O)c2cnccn2)CCO1. The number of hydrogen-bond donors (Lipinski definition) is 1. The van der Waals surface area contributed by atoms with Crippen LogP contribution in [0.4, 0.5) is 0 Å². The molecule has 7 heteroatoms. The van der Waals surface area contributed by atoms with Gasteiger partial charge in [-0.3, -0.25) is 14.6 Å². The first-order valence-corrected chi connectivity index (χ1v) is 9.71. The molecule has 30 heavy (non-hydrogen) atoms. The first-order chi connectivity index (χ1) is 14.6. The molecular formula is C23H22N4O3. The van der Waals surface area contributed by atoms with E-state index in [2.05, 4.69) is 9.97 Å². The summed E-state index contributed by atoms with van der Waals surface area (Å²) in [6, 6.07) is 18.0. The van der Waals surface area contributed by atoms with Crippen molar-refractivity contribution in [3.05, 3.63) is 84.4 Å². The number of morpholine rings is 1. The van der Waals surface area contributed by atoms with Crippen molar-refractivity contribution in [2.45, 2.75) is 12.0 Å². The lowest BCUT2D eigenvalue weighted by Crippen LogP contribution is -2.61. The Morgan fingerprint density at radius 1 is 1.03 bits per heavy atom. The van der Waals surface area contributed by atoms with Gasteiger partial charge in [0.2, 0.25) is 0 Å². The van der Waals surface area contributed by atoms with Crippen LogP contribution in [0.5, 0.6) is 0 Å². The van der Waals surface area contributed by atoms with Crippen molar-refractivity contribution in [1.29, 1.82) is 0 Å². The molecule has 1 atom stereocenters. The molecular weight excluding hydrogens is 380 g/mol. The normalized spacial score (nSPS) is 18.7. The van der Waals surface area contributed by atoms with Gasteiger partial charge in [0.15, 0.2) is 5.60 Å². The summed E-state index contributed by atoms with van der Waals surface area (Å²) in [6.07, 6.45) is 4.65. The average Bonchev–Trinajstić information content (AvgIpc) is 2.80. The minimum Gasteiger partial charge on any atom is -0.367 e. The molecule has 4 rings (SSSR count). The van der Waals surface area contributed by atoms with Crippen molar-refractivity contribution in [3.8, 4) is 11.1 Å². The second kappa shape index (κ2) is 8.42.